The van der Waals surface area contributed by atoms with Gasteiger partial charge in [0, 0.05) is 4.90 Å². The molecule has 0 spiro atoms. The summed E-state index contributed by atoms with van der Waals surface area (Å²) in [5, 5.41) is 3.10. The molecule has 3 N–H and O–H groups in total. The molecule has 0 fully saturated rings. The van der Waals surface area contributed by atoms with Crippen LogP contribution in [0.2, 0.25) is 0 Å². The van der Waals surface area contributed by atoms with Gasteiger partial charge in [-0.25, -0.2) is 4.39 Å². The highest BCUT2D eigenvalue weighted by molar-refractivity contribution is 7.99. The van der Waals surface area contributed by atoms with Gasteiger partial charge in [-0.05, 0) is 43.3 Å². The molecule has 0 saturated heterocycles. The molecule has 0 radical (unpaired) electrons. The zero-order valence-corrected chi connectivity index (χ0v) is 11.3. The van der Waals surface area contributed by atoms with Gasteiger partial charge in [0.05, 0.1) is 6.04 Å². The number of nitrogens with two attached hydrogens (primary N) is 1. The maximum absolute atomic E-state index is 12.9. The lowest BCUT2D eigenvalue weighted by atomic mass is 10.2. The Morgan fingerprint density at radius 3 is 2.94 bits per heavy atom. The predicted molar refractivity (Wildman–Crippen MR) is 73.0 cm³/mol. The van der Waals surface area contributed by atoms with E-state index in [4.69, 9.17) is 5.73 Å². The Kier molecular flexibility index (Phi) is 6.75. The van der Waals surface area contributed by atoms with Crippen molar-refractivity contribution in [3.8, 4) is 0 Å². The Balaban J connectivity index is 2.36. The SMILES string of the molecule is CCCNC(CCSc1cccc(F)c1)C(N)=O. The third-order valence-electron chi connectivity index (χ3n) is 2.46. The summed E-state index contributed by atoms with van der Waals surface area (Å²) in [5.74, 6) is 0.159. The molecule has 0 saturated carbocycles. The number of hydrogen-bond donors (Lipinski definition) is 2. The molecule has 1 amide bonds. The van der Waals surface area contributed by atoms with Crippen molar-refractivity contribution < 1.29 is 9.18 Å². The third kappa shape index (κ3) is 5.51. The molecule has 0 aromatic heterocycles. The molecule has 0 bridgehead atoms. The average molecular weight is 270 g/mol. The van der Waals surface area contributed by atoms with Crippen LogP contribution >= 0.6 is 11.8 Å². The number of carbonyl (C=O) groups excluding carboxylic acids is 1. The topological polar surface area (TPSA) is 55.1 Å². The number of nitrogens with one attached hydrogen (secondary N) is 1. The lowest BCUT2D eigenvalue weighted by Crippen LogP contribution is -2.41. The fourth-order valence-corrected chi connectivity index (χ4v) is 2.47. The number of primary amides is 1. The highest BCUT2D eigenvalue weighted by Gasteiger charge is 2.13. The van der Waals surface area contributed by atoms with Crippen LogP contribution in [0.15, 0.2) is 29.2 Å². The maximum atomic E-state index is 12.9. The first kappa shape index (κ1) is 15.0. The Hall–Kier alpha value is -1.07. The normalized spacial score (nSPS) is 12.3. The molecule has 1 unspecified atom stereocenters. The second-order valence-electron chi connectivity index (χ2n) is 4.00. The molecule has 0 aliphatic heterocycles. The summed E-state index contributed by atoms with van der Waals surface area (Å²) in [5.41, 5.74) is 5.31. The van der Waals surface area contributed by atoms with Crippen molar-refractivity contribution in [2.24, 2.45) is 5.73 Å². The van der Waals surface area contributed by atoms with E-state index in [1.165, 1.54) is 23.9 Å². The summed E-state index contributed by atoms with van der Waals surface area (Å²) in [7, 11) is 0. The van der Waals surface area contributed by atoms with Crippen molar-refractivity contribution >= 4 is 17.7 Å². The van der Waals surface area contributed by atoms with Gasteiger partial charge in [-0.15, -0.1) is 11.8 Å². The van der Waals surface area contributed by atoms with Crippen molar-refractivity contribution in [1.29, 1.82) is 0 Å². The fraction of sp³-hybridized carbons (Fsp3) is 0.462. The predicted octanol–water partition coefficient (Wildman–Crippen LogP) is 2.16. The van der Waals surface area contributed by atoms with Crippen LogP contribution in [-0.4, -0.2) is 24.2 Å². The largest absolute Gasteiger partial charge is 0.368 e. The number of rotatable bonds is 8. The summed E-state index contributed by atoms with van der Waals surface area (Å²) in [4.78, 5) is 12.1. The van der Waals surface area contributed by atoms with Gasteiger partial charge in [0.25, 0.3) is 0 Å². The molecular weight excluding hydrogens is 251 g/mol. The summed E-state index contributed by atoms with van der Waals surface area (Å²) in [6, 6.07) is 6.14. The molecule has 0 aliphatic rings. The minimum absolute atomic E-state index is 0.240. The average Bonchev–Trinajstić information content (AvgIpc) is 2.33. The van der Waals surface area contributed by atoms with Gasteiger partial charge in [0.1, 0.15) is 5.82 Å². The summed E-state index contributed by atoms with van der Waals surface area (Å²) in [6.45, 7) is 2.81. The van der Waals surface area contributed by atoms with Gasteiger partial charge in [0.15, 0.2) is 0 Å². The van der Waals surface area contributed by atoms with E-state index < -0.39 is 0 Å². The summed E-state index contributed by atoms with van der Waals surface area (Å²) in [6.07, 6.45) is 1.61. The third-order valence-corrected chi connectivity index (χ3v) is 3.48. The van der Waals surface area contributed by atoms with E-state index in [9.17, 15) is 9.18 Å². The monoisotopic (exact) mass is 270 g/mol. The Morgan fingerprint density at radius 1 is 1.56 bits per heavy atom. The molecule has 100 valence electrons. The first-order chi connectivity index (χ1) is 8.63. The molecule has 3 nitrogen and oxygen atoms in total. The van der Waals surface area contributed by atoms with E-state index >= 15 is 0 Å². The van der Waals surface area contributed by atoms with Crippen LogP contribution in [0.3, 0.4) is 0 Å². The number of hydrogen-bond acceptors (Lipinski definition) is 3. The van der Waals surface area contributed by atoms with Crippen LogP contribution in [0.1, 0.15) is 19.8 Å². The van der Waals surface area contributed by atoms with Gasteiger partial charge < -0.3 is 11.1 Å². The van der Waals surface area contributed by atoms with Crippen molar-refractivity contribution in [1.82, 2.24) is 5.32 Å². The highest BCUT2D eigenvalue weighted by Crippen LogP contribution is 2.19. The molecule has 18 heavy (non-hydrogen) atoms. The first-order valence-corrected chi connectivity index (χ1v) is 7.03. The van der Waals surface area contributed by atoms with Crippen LogP contribution in [0.5, 0.6) is 0 Å². The second kappa shape index (κ2) is 8.11. The fourth-order valence-electron chi connectivity index (χ4n) is 1.51. The number of benzene rings is 1. The lowest BCUT2D eigenvalue weighted by Gasteiger charge is -2.14. The van der Waals surface area contributed by atoms with E-state index in [0.29, 0.717) is 6.42 Å². The van der Waals surface area contributed by atoms with E-state index in [0.717, 1.165) is 23.6 Å². The zero-order valence-electron chi connectivity index (χ0n) is 10.5. The molecule has 1 rings (SSSR count). The maximum Gasteiger partial charge on any atom is 0.234 e. The highest BCUT2D eigenvalue weighted by atomic mass is 32.2. The van der Waals surface area contributed by atoms with Crippen LogP contribution in [0.25, 0.3) is 0 Å². The Labute approximate surface area is 111 Å². The number of amides is 1. The van der Waals surface area contributed by atoms with Gasteiger partial charge in [0.2, 0.25) is 5.91 Å². The van der Waals surface area contributed by atoms with Gasteiger partial charge in [-0.2, -0.15) is 0 Å². The van der Waals surface area contributed by atoms with Crippen molar-refractivity contribution in [2.75, 3.05) is 12.3 Å². The van der Waals surface area contributed by atoms with Crippen molar-refractivity contribution in [3.05, 3.63) is 30.1 Å². The van der Waals surface area contributed by atoms with Gasteiger partial charge >= 0.3 is 0 Å². The molecule has 0 heterocycles. The molecule has 1 aromatic rings. The van der Waals surface area contributed by atoms with Gasteiger partial charge in [-0.1, -0.05) is 13.0 Å². The summed E-state index contributed by atoms with van der Waals surface area (Å²) >= 11 is 1.53. The zero-order chi connectivity index (χ0) is 13.4. The minimum Gasteiger partial charge on any atom is -0.368 e. The molecule has 5 heteroatoms. The number of thioether (sulfide) groups is 1. The van der Waals surface area contributed by atoms with Crippen LogP contribution in [-0.2, 0) is 4.79 Å². The Bertz CT molecular complexity index is 387. The van der Waals surface area contributed by atoms with E-state index in [2.05, 4.69) is 5.32 Å². The molecule has 1 atom stereocenters. The van der Waals surface area contributed by atoms with Gasteiger partial charge in [-0.3, -0.25) is 4.79 Å². The first-order valence-electron chi connectivity index (χ1n) is 6.04. The van der Waals surface area contributed by atoms with Crippen LogP contribution in [0.4, 0.5) is 4.39 Å². The smallest absolute Gasteiger partial charge is 0.234 e. The van der Waals surface area contributed by atoms with E-state index in [1.807, 2.05) is 13.0 Å². The molecular formula is C13H19FN2OS. The number of carbonyl (C=O) groups is 1. The van der Waals surface area contributed by atoms with E-state index in [-0.39, 0.29) is 17.8 Å². The molecule has 0 aliphatic carbocycles. The number of halogens is 1. The quantitative estimate of drug-likeness (QED) is 0.712. The molecule has 1 aromatic carbocycles. The van der Waals surface area contributed by atoms with Crippen LogP contribution in [0, 0.1) is 5.82 Å². The lowest BCUT2D eigenvalue weighted by molar-refractivity contribution is -0.120. The van der Waals surface area contributed by atoms with Crippen molar-refractivity contribution in [2.45, 2.75) is 30.7 Å². The minimum atomic E-state index is -0.330. The van der Waals surface area contributed by atoms with Crippen LogP contribution < -0.4 is 11.1 Å². The standard InChI is InChI=1S/C13H19FN2OS/c1-2-7-16-12(13(15)17)6-8-18-11-5-3-4-10(14)9-11/h3-5,9,12,16H,2,6-8H2,1H3,(H2,15,17). The summed E-state index contributed by atoms with van der Waals surface area (Å²) < 4.78 is 12.9. The second-order valence-corrected chi connectivity index (χ2v) is 5.17. The Morgan fingerprint density at radius 2 is 2.33 bits per heavy atom. The van der Waals surface area contributed by atoms with Crippen molar-refractivity contribution in [3.63, 3.8) is 0 Å². The van der Waals surface area contributed by atoms with E-state index in [1.54, 1.807) is 6.07 Å².